The van der Waals surface area contributed by atoms with Crippen molar-refractivity contribution in [2.24, 2.45) is 11.7 Å². The van der Waals surface area contributed by atoms with Crippen LogP contribution >= 0.6 is 11.3 Å². The van der Waals surface area contributed by atoms with Crippen LogP contribution in [0.1, 0.15) is 34.5 Å². The number of pyridine rings is 1. The molecule has 0 spiro atoms. The number of aliphatic hydroxyl groups is 1. The second kappa shape index (κ2) is 9.33. The maximum atomic E-state index is 14.5. The zero-order valence-electron chi connectivity index (χ0n) is 21.1. The van der Waals surface area contributed by atoms with Gasteiger partial charge in [-0.15, -0.1) is 0 Å². The fourth-order valence-electron chi connectivity index (χ4n) is 4.99. The summed E-state index contributed by atoms with van der Waals surface area (Å²) in [7, 11) is 0. The number of hydrogen-bond donors (Lipinski definition) is 4. The molecular weight excluding hydrogens is 569 g/mol. The van der Waals surface area contributed by atoms with E-state index in [2.05, 4.69) is 15.3 Å². The number of nitrogens with two attached hydrogens (primary N) is 2. The van der Waals surface area contributed by atoms with Crippen LogP contribution in [0.4, 0.5) is 27.1 Å². The molecule has 1 saturated carbocycles. The minimum Gasteiger partial charge on any atom is -0.488 e. The molecule has 8 nitrogen and oxygen atoms in total. The molecule has 0 radical (unpaired) electrons. The number of aromatic nitrogens is 2. The lowest BCUT2D eigenvalue weighted by molar-refractivity contribution is -0.191. The van der Waals surface area contributed by atoms with Crippen molar-refractivity contribution in [3.63, 3.8) is 0 Å². The molecule has 0 bridgehead atoms. The van der Waals surface area contributed by atoms with Crippen LogP contribution in [0, 0.1) is 17.6 Å². The van der Waals surface area contributed by atoms with Crippen LogP contribution in [0.3, 0.4) is 0 Å². The molecule has 2 atom stereocenters. The quantitative estimate of drug-likeness (QED) is 0.245. The maximum Gasteiger partial charge on any atom is 0.414 e. The molecule has 3 heterocycles. The number of nitrogens with one attached hydrogen (secondary N) is 1. The monoisotopic (exact) mass is 591 g/mol. The van der Waals surface area contributed by atoms with Gasteiger partial charge in [-0.25, -0.2) is 18.7 Å². The summed E-state index contributed by atoms with van der Waals surface area (Å²) < 4.78 is 76.4. The first-order valence-corrected chi connectivity index (χ1v) is 13.3. The van der Waals surface area contributed by atoms with Crippen molar-refractivity contribution >= 4 is 32.6 Å². The molecule has 2 aromatic carbocycles. The molecule has 2 aromatic heterocycles. The average molecular weight is 592 g/mol. The Kier molecular flexibility index (Phi) is 6.21. The minimum absolute atomic E-state index is 0.0198. The van der Waals surface area contributed by atoms with Crippen LogP contribution in [0.25, 0.3) is 21.5 Å². The largest absolute Gasteiger partial charge is 0.488 e. The molecule has 1 aliphatic heterocycles. The van der Waals surface area contributed by atoms with E-state index in [-0.39, 0.29) is 38.9 Å². The highest BCUT2D eigenvalue weighted by Crippen LogP contribution is 2.52. The van der Waals surface area contributed by atoms with Gasteiger partial charge in [0.2, 0.25) is 0 Å². The Bertz CT molecular complexity index is 1690. The van der Waals surface area contributed by atoms with Crippen LogP contribution in [-0.2, 0) is 11.1 Å². The van der Waals surface area contributed by atoms with Gasteiger partial charge in [-0.05, 0) is 61.2 Å². The van der Waals surface area contributed by atoms with E-state index in [1.165, 1.54) is 18.2 Å². The standard InChI is InChI=1S/C27H22F5N5O3S/c28-15-5-1-12(2-6-15)20-22-16(26(34,11-40-22)27(30,31)32)9-19(36-20)25(39,14-3-4-14)10-35-23(38)13-7-17(29)21-18(8-13)41-24(33)37-21/h1-2,5-9,14,39H,3-4,10-11,34H2,(H2,33,37)(H,35,38)/t25-,26+/m1/s1. The first-order valence-electron chi connectivity index (χ1n) is 12.5. The Balaban J connectivity index is 1.40. The van der Waals surface area contributed by atoms with E-state index in [1.54, 1.807) is 0 Å². The first kappa shape index (κ1) is 27.3. The molecule has 0 unspecified atom stereocenters. The summed E-state index contributed by atoms with van der Waals surface area (Å²) in [4.78, 5) is 21.4. The number of amides is 1. The molecule has 6 N–H and O–H groups in total. The van der Waals surface area contributed by atoms with Gasteiger partial charge in [0.1, 0.15) is 29.2 Å². The predicted molar refractivity (Wildman–Crippen MR) is 140 cm³/mol. The first-order chi connectivity index (χ1) is 19.3. The molecule has 6 rings (SSSR count). The minimum atomic E-state index is -4.91. The summed E-state index contributed by atoms with van der Waals surface area (Å²) >= 11 is 0.995. The Morgan fingerprint density at radius 2 is 1.85 bits per heavy atom. The average Bonchev–Trinajstić information content (AvgIpc) is 3.63. The Morgan fingerprint density at radius 1 is 1.15 bits per heavy atom. The van der Waals surface area contributed by atoms with Gasteiger partial charge in [0.15, 0.2) is 22.2 Å². The molecule has 1 amide bonds. The van der Waals surface area contributed by atoms with Crippen LogP contribution in [-0.4, -0.2) is 40.3 Å². The molecule has 1 fully saturated rings. The number of nitrogens with zero attached hydrogens (tertiary/aromatic N) is 2. The van der Waals surface area contributed by atoms with Crippen molar-refractivity contribution in [3.8, 4) is 17.0 Å². The smallest absolute Gasteiger partial charge is 0.414 e. The van der Waals surface area contributed by atoms with E-state index in [0.717, 1.165) is 35.6 Å². The lowest BCUT2D eigenvalue weighted by atomic mass is 9.86. The molecule has 1 aliphatic carbocycles. The molecule has 0 saturated heterocycles. The van der Waals surface area contributed by atoms with Crippen LogP contribution in [0.5, 0.6) is 5.75 Å². The number of halogens is 5. The van der Waals surface area contributed by atoms with E-state index in [9.17, 15) is 31.9 Å². The number of fused-ring (bicyclic) bond motifs is 2. The lowest BCUT2D eigenvalue weighted by Gasteiger charge is -2.31. The van der Waals surface area contributed by atoms with Gasteiger partial charge in [0.25, 0.3) is 5.91 Å². The fraction of sp³-hybridized carbons (Fsp3) is 0.296. The normalized spacial score (nSPS) is 20.0. The Hall–Kier alpha value is -3.88. The SMILES string of the molecule is Nc1nc2c(F)cc(C(=O)NC[C@](O)(c3cc4c(c(-c5ccc(F)cc5)n3)OC[C@@]4(N)C(F)(F)F)C3CC3)cc2s1. The zero-order valence-corrected chi connectivity index (χ0v) is 21.9. The number of carbonyl (C=O) groups is 1. The number of anilines is 1. The number of nitrogen functional groups attached to an aromatic ring is 1. The van der Waals surface area contributed by atoms with Crippen molar-refractivity contribution in [2.75, 3.05) is 18.9 Å². The molecule has 2 aliphatic rings. The third-order valence-corrected chi connectivity index (χ3v) is 8.29. The predicted octanol–water partition coefficient (Wildman–Crippen LogP) is 4.36. The summed E-state index contributed by atoms with van der Waals surface area (Å²) in [6, 6.07) is 8.32. The second-order valence-corrected chi connectivity index (χ2v) is 11.3. The molecule has 4 aromatic rings. The summed E-state index contributed by atoms with van der Waals surface area (Å²) in [6.07, 6.45) is -3.88. The van der Waals surface area contributed by atoms with Gasteiger partial charge < -0.3 is 26.6 Å². The summed E-state index contributed by atoms with van der Waals surface area (Å²) in [5, 5.41) is 14.6. The van der Waals surface area contributed by atoms with Crippen molar-refractivity contribution in [1.82, 2.24) is 15.3 Å². The van der Waals surface area contributed by atoms with Crippen molar-refractivity contribution in [3.05, 3.63) is 70.9 Å². The number of benzene rings is 2. The van der Waals surface area contributed by atoms with Gasteiger partial charge >= 0.3 is 6.18 Å². The van der Waals surface area contributed by atoms with Gasteiger partial charge in [-0.1, -0.05) is 11.3 Å². The van der Waals surface area contributed by atoms with E-state index < -0.39 is 59.5 Å². The number of ether oxygens (including phenoxy) is 1. The van der Waals surface area contributed by atoms with Gasteiger partial charge in [-0.3, -0.25) is 4.79 Å². The van der Waals surface area contributed by atoms with E-state index in [1.807, 2.05) is 0 Å². The van der Waals surface area contributed by atoms with Crippen molar-refractivity contribution in [2.45, 2.75) is 30.2 Å². The Morgan fingerprint density at radius 3 is 2.51 bits per heavy atom. The van der Waals surface area contributed by atoms with Gasteiger partial charge in [0.05, 0.1) is 16.9 Å². The number of carbonyl (C=O) groups excluding carboxylic acids is 1. The van der Waals surface area contributed by atoms with Gasteiger partial charge in [-0.2, -0.15) is 13.2 Å². The second-order valence-electron chi connectivity index (χ2n) is 10.2. The van der Waals surface area contributed by atoms with E-state index in [0.29, 0.717) is 17.5 Å². The molecule has 14 heteroatoms. The third-order valence-electron chi connectivity index (χ3n) is 7.46. The van der Waals surface area contributed by atoms with Crippen LogP contribution in [0.2, 0.25) is 0 Å². The summed E-state index contributed by atoms with van der Waals surface area (Å²) in [5.41, 5.74) is 6.22. The summed E-state index contributed by atoms with van der Waals surface area (Å²) in [5.74, 6) is -2.73. The highest BCUT2D eigenvalue weighted by molar-refractivity contribution is 7.22. The van der Waals surface area contributed by atoms with E-state index in [4.69, 9.17) is 16.2 Å². The zero-order chi connectivity index (χ0) is 29.3. The highest BCUT2D eigenvalue weighted by atomic mass is 32.1. The van der Waals surface area contributed by atoms with E-state index >= 15 is 0 Å². The highest BCUT2D eigenvalue weighted by Gasteiger charge is 2.59. The van der Waals surface area contributed by atoms with Crippen molar-refractivity contribution in [1.29, 1.82) is 0 Å². The van der Waals surface area contributed by atoms with Crippen molar-refractivity contribution < 1.29 is 36.6 Å². The van der Waals surface area contributed by atoms with Gasteiger partial charge in [0, 0.05) is 16.7 Å². The number of alkyl halides is 3. The molecular formula is C27H22F5N5O3S. The Labute approximate surface area is 233 Å². The van der Waals surface area contributed by atoms with Crippen LogP contribution in [0.15, 0.2) is 42.5 Å². The summed E-state index contributed by atoms with van der Waals surface area (Å²) in [6.45, 7) is -1.36. The topological polar surface area (TPSA) is 136 Å². The lowest BCUT2D eigenvalue weighted by Crippen LogP contribution is -2.52. The number of rotatable bonds is 6. The van der Waals surface area contributed by atoms with Crippen LogP contribution < -0.4 is 21.5 Å². The molecule has 214 valence electrons. The number of hydrogen-bond acceptors (Lipinski definition) is 8. The third kappa shape index (κ3) is 4.55. The maximum absolute atomic E-state index is 14.5. The fourth-order valence-corrected chi connectivity index (χ4v) is 5.78. The molecule has 41 heavy (non-hydrogen) atoms. The number of thiazole rings is 1.